The fraction of sp³-hybridized carbons (Fsp3) is 0.357. The minimum absolute atomic E-state index is 0.102. The summed E-state index contributed by atoms with van der Waals surface area (Å²) in [6, 6.07) is 9.03. The molecule has 1 aliphatic heterocycles. The Kier molecular flexibility index (Phi) is 3.79. The molecule has 0 amide bonds. The van der Waals surface area contributed by atoms with Gasteiger partial charge in [-0.05, 0) is 6.92 Å². The van der Waals surface area contributed by atoms with Crippen molar-refractivity contribution in [2.45, 2.75) is 19.1 Å². The number of allylic oxidation sites excluding steroid dienone is 1. The molecule has 1 aromatic carbocycles. The molecule has 0 bridgehead atoms. The number of ketones is 1. The zero-order valence-corrected chi connectivity index (χ0v) is 10.4. The number of ether oxygens (including phenoxy) is 2. The van der Waals surface area contributed by atoms with Gasteiger partial charge in [-0.1, -0.05) is 30.3 Å². The van der Waals surface area contributed by atoms with Crippen molar-refractivity contribution < 1.29 is 14.3 Å². The van der Waals surface area contributed by atoms with Crippen molar-refractivity contribution in [1.82, 2.24) is 0 Å². The number of carbonyl (C=O) groups is 1. The van der Waals surface area contributed by atoms with E-state index in [0.29, 0.717) is 30.9 Å². The van der Waals surface area contributed by atoms with Gasteiger partial charge in [0, 0.05) is 23.8 Å². The van der Waals surface area contributed by atoms with Gasteiger partial charge in [0.15, 0.2) is 11.6 Å². The van der Waals surface area contributed by atoms with Gasteiger partial charge in [-0.3, -0.25) is 4.79 Å². The van der Waals surface area contributed by atoms with Crippen LogP contribution in [-0.2, 0) is 9.47 Å². The molecule has 1 aliphatic rings. The highest BCUT2D eigenvalue weighted by Crippen LogP contribution is 2.24. The zero-order valence-electron chi connectivity index (χ0n) is 10.4. The monoisotopic (exact) mass is 247 g/mol. The van der Waals surface area contributed by atoms with Gasteiger partial charge < -0.3 is 15.2 Å². The molecule has 0 unspecified atom stereocenters. The van der Waals surface area contributed by atoms with E-state index in [1.54, 1.807) is 12.1 Å². The van der Waals surface area contributed by atoms with Crippen LogP contribution in [-0.4, -0.2) is 24.8 Å². The molecule has 1 fully saturated rings. The summed E-state index contributed by atoms with van der Waals surface area (Å²) in [6.07, 6.45) is 1.83. The highest BCUT2D eigenvalue weighted by molar-refractivity contribution is 6.04. The van der Waals surface area contributed by atoms with Crippen LogP contribution in [0.1, 0.15) is 23.7 Å². The lowest BCUT2D eigenvalue weighted by Crippen LogP contribution is -2.28. The largest absolute Gasteiger partial charge is 0.402 e. The minimum atomic E-state index is -0.697. The SMILES string of the molecule is CC1(C/C(N)=C/C(=O)c2ccccc2)OCCO1. The van der Waals surface area contributed by atoms with Gasteiger partial charge in [-0.2, -0.15) is 0 Å². The van der Waals surface area contributed by atoms with Gasteiger partial charge in [-0.25, -0.2) is 0 Å². The lowest BCUT2D eigenvalue weighted by molar-refractivity contribution is -0.140. The van der Waals surface area contributed by atoms with E-state index < -0.39 is 5.79 Å². The van der Waals surface area contributed by atoms with E-state index >= 15 is 0 Å². The summed E-state index contributed by atoms with van der Waals surface area (Å²) in [6.45, 7) is 2.96. The van der Waals surface area contributed by atoms with Crippen LogP contribution in [0.3, 0.4) is 0 Å². The lowest BCUT2D eigenvalue weighted by atomic mass is 10.1. The van der Waals surface area contributed by atoms with E-state index in [9.17, 15) is 4.79 Å². The molecular weight excluding hydrogens is 230 g/mol. The summed E-state index contributed by atoms with van der Waals surface area (Å²) < 4.78 is 10.9. The second-order valence-corrected chi connectivity index (χ2v) is 4.46. The van der Waals surface area contributed by atoms with Crippen molar-refractivity contribution in [2.24, 2.45) is 5.73 Å². The van der Waals surface area contributed by atoms with E-state index in [1.807, 2.05) is 25.1 Å². The molecule has 1 heterocycles. The average Bonchev–Trinajstić information content (AvgIpc) is 2.76. The van der Waals surface area contributed by atoms with Crippen molar-refractivity contribution in [1.29, 1.82) is 0 Å². The van der Waals surface area contributed by atoms with Crippen molar-refractivity contribution in [3.05, 3.63) is 47.7 Å². The summed E-state index contributed by atoms with van der Waals surface area (Å²) in [5.74, 6) is -0.799. The molecule has 0 saturated carbocycles. The third kappa shape index (κ3) is 3.18. The maximum absolute atomic E-state index is 11.9. The van der Waals surface area contributed by atoms with Crippen LogP contribution in [0.5, 0.6) is 0 Å². The van der Waals surface area contributed by atoms with Gasteiger partial charge in [0.05, 0.1) is 13.2 Å². The molecular formula is C14H17NO3. The van der Waals surface area contributed by atoms with Gasteiger partial charge in [0.1, 0.15) is 0 Å². The van der Waals surface area contributed by atoms with Crippen LogP contribution in [0.15, 0.2) is 42.1 Å². The Bertz CT molecular complexity index is 447. The molecule has 0 aliphatic carbocycles. The van der Waals surface area contributed by atoms with Gasteiger partial charge in [0.2, 0.25) is 0 Å². The molecule has 1 aromatic rings. The molecule has 2 rings (SSSR count). The normalized spacial score (nSPS) is 18.8. The molecule has 0 atom stereocenters. The molecule has 0 aromatic heterocycles. The second-order valence-electron chi connectivity index (χ2n) is 4.46. The van der Waals surface area contributed by atoms with E-state index in [1.165, 1.54) is 6.08 Å². The summed E-state index contributed by atoms with van der Waals surface area (Å²) in [4.78, 5) is 11.9. The zero-order chi connectivity index (χ0) is 13.0. The fourth-order valence-corrected chi connectivity index (χ4v) is 1.93. The first-order chi connectivity index (χ1) is 8.59. The molecule has 4 nitrogen and oxygen atoms in total. The summed E-state index contributed by atoms with van der Waals surface area (Å²) >= 11 is 0. The molecule has 0 spiro atoms. The standard InChI is InChI=1S/C14H17NO3/c1-14(17-7-8-18-14)10-12(15)9-13(16)11-5-3-2-4-6-11/h2-6,9H,7-8,10,15H2,1H3/b12-9-. The van der Waals surface area contributed by atoms with Gasteiger partial charge in [0.25, 0.3) is 0 Å². The Hall–Kier alpha value is -1.65. The highest BCUT2D eigenvalue weighted by Gasteiger charge is 2.31. The summed E-state index contributed by atoms with van der Waals surface area (Å²) in [5.41, 5.74) is 6.95. The Balaban J connectivity index is 2.02. The Morgan fingerprint density at radius 2 is 1.94 bits per heavy atom. The van der Waals surface area contributed by atoms with Crippen LogP contribution in [0, 0.1) is 0 Å². The first-order valence-corrected chi connectivity index (χ1v) is 5.92. The summed E-state index contributed by atoms with van der Waals surface area (Å²) in [5, 5.41) is 0. The molecule has 0 radical (unpaired) electrons. The first kappa shape index (κ1) is 12.8. The molecule has 1 saturated heterocycles. The van der Waals surface area contributed by atoms with E-state index in [-0.39, 0.29) is 5.78 Å². The van der Waals surface area contributed by atoms with Crippen LogP contribution in [0.4, 0.5) is 0 Å². The topological polar surface area (TPSA) is 61.6 Å². The van der Waals surface area contributed by atoms with Gasteiger partial charge >= 0.3 is 0 Å². The second kappa shape index (κ2) is 5.33. The predicted octanol–water partition coefficient (Wildman–Crippen LogP) is 1.86. The summed E-state index contributed by atoms with van der Waals surface area (Å²) in [7, 11) is 0. The maximum Gasteiger partial charge on any atom is 0.187 e. The van der Waals surface area contributed by atoms with Crippen LogP contribution in [0.2, 0.25) is 0 Å². The van der Waals surface area contributed by atoms with Crippen LogP contribution < -0.4 is 5.73 Å². The van der Waals surface area contributed by atoms with Crippen molar-refractivity contribution in [3.63, 3.8) is 0 Å². The number of hydrogen-bond acceptors (Lipinski definition) is 4. The quantitative estimate of drug-likeness (QED) is 0.651. The minimum Gasteiger partial charge on any atom is -0.402 e. The van der Waals surface area contributed by atoms with E-state index in [0.717, 1.165) is 0 Å². The van der Waals surface area contributed by atoms with Crippen molar-refractivity contribution in [2.75, 3.05) is 13.2 Å². The van der Waals surface area contributed by atoms with E-state index in [2.05, 4.69) is 0 Å². The average molecular weight is 247 g/mol. The fourth-order valence-electron chi connectivity index (χ4n) is 1.93. The Morgan fingerprint density at radius 1 is 1.33 bits per heavy atom. The first-order valence-electron chi connectivity index (χ1n) is 5.92. The third-order valence-corrected chi connectivity index (χ3v) is 2.80. The number of hydrogen-bond donors (Lipinski definition) is 1. The maximum atomic E-state index is 11.9. The molecule has 18 heavy (non-hydrogen) atoms. The third-order valence-electron chi connectivity index (χ3n) is 2.80. The highest BCUT2D eigenvalue weighted by atomic mass is 16.7. The number of benzene rings is 1. The molecule has 4 heteroatoms. The van der Waals surface area contributed by atoms with E-state index in [4.69, 9.17) is 15.2 Å². The number of nitrogens with two attached hydrogens (primary N) is 1. The van der Waals surface area contributed by atoms with Crippen LogP contribution in [0.25, 0.3) is 0 Å². The van der Waals surface area contributed by atoms with Crippen molar-refractivity contribution >= 4 is 5.78 Å². The Labute approximate surface area is 106 Å². The van der Waals surface area contributed by atoms with Gasteiger partial charge in [-0.15, -0.1) is 0 Å². The Morgan fingerprint density at radius 3 is 2.56 bits per heavy atom. The lowest BCUT2D eigenvalue weighted by Gasteiger charge is -2.22. The smallest absolute Gasteiger partial charge is 0.187 e. The predicted molar refractivity (Wildman–Crippen MR) is 68.0 cm³/mol. The number of rotatable bonds is 4. The number of carbonyl (C=O) groups excluding carboxylic acids is 1. The molecule has 2 N–H and O–H groups in total. The van der Waals surface area contributed by atoms with Crippen LogP contribution >= 0.6 is 0 Å². The van der Waals surface area contributed by atoms with Crippen molar-refractivity contribution in [3.8, 4) is 0 Å². The molecule has 96 valence electrons.